The molecule has 2 aliphatic heterocycles. The molecule has 0 aromatic carbocycles. The van der Waals surface area contributed by atoms with Crippen molar-refractivity contribution < 1.29 is 9.45 Å². The van der Waals surface area contributed by atoms with Crippen LogP contribution in [0.5, 0.6) is 0 Å². The molecule has 3 aliphatic rings. The second-order valence-electron chi connectivity index (χ2n) is 7.76. The van der Waals surface area contributed by atoms with Crippen LogP contribution in [0.3, 0.4) is 0 Å². The van der Waals surface area contributed by atoms with Crippen molar-refractivity contribution >= 4 is 24.7 Å². The number of nitrogens with zero attached hydrogens (tertiary/aromatic N) is 3. The van der Waals surface area contributed by atoms with E-state index in [1.54, 1.807) is 13.7 Å². The Bertz CT molecular complexity index is 871. The highest BCUT2D eigenvalue weighted by Crippen LogP contribution is 2.39. The smallest absolute Gasteiger partial charge is 0.331 e. The summed E-state index contributed by atoms with van der Waals surface area (Å²) in [5, 5.41) is 0. The van der Waals surface area contributed by atoms with Gasteiger partial charge in [-0.05, 0) is 41.4 Å². The van der Waals surface area contributed by atoms with Gasteiger partial charge in [0.25, 0.3) is 5.91 Å². The maximum atomic E-state index is 13.1. The average Bonchev–Trinajstić information content (AvgIpc) is 3.20. The van der Waals surface area contributed by atoms with Gasteiger partial charge in [0.05, 0.1) is 6.61 Å². The topological polar surface area (TPSA) is 47.4 Å². The van der Waals surface area contributed by atoms with Gasteiger partial charge < -0.3 is 9.22 Å². The van der Waals surface area contributed by atoms with Crippen LogP contribution in [0, 0.1) is 5.41 Å². The van der Waals surface area contributed by atoms with Crippen LogP contribution in [0.1, 0.15) is 41.2 Å². The van der Waals surface area contributed by atoms with E-state index in [-0.39, 0.29) is 5.91 Å². The molecule has 0 saturated carbocycles. The van der Waals surface area contributed by atoms with Gasteiger partial charge in [-0.3, -0.25) is 9.69 Å². The summed E-state index contributed by atoms with van der Waals surface area (Å²) in [6, 6.07) is 4.03. The molecule has 0 atom stereocenters. The second kappa shape index (κ2) is 4.73. The number of amides is 1. The maximum absolute atomic E-state index is 13.1. The van der Waals surface area contributed by atoms with Crippen LogP contribution >= 0.6 is 0 Å². The lowest BCUT2D eigenvalue weighted by atomic mass is 9.88. The summed E-state index contributed by atoms with van der Waals surface area (Å²) in [6.45, 7) is 6.59. The highest BCUT2D eigenvalue weighted by molar-refractivity contribution is 6.49. The summed E-state index contributed by atoms with van der Waals surface area (Å²) in [7, 11) is 1.74. The Kier molecular flexibility index (Phi) is 2.81. The third kappa shape index (κ3) is 1.92. The molecule has 24 heavy (non-hydrogen) atoms. The molecule has 4 heterocycles. The van der Waals surface area contributed by atoms with E-state index in [1.807, 2.05) is 11.0 Å². The van der Waals surface area contributed by atoms with Crippen molar-refractivity contribution in [3.8, 4) is 0 Å². The fourth-order valence-electron chi connectivity index (χ4n) is 4.31. The lowest BCUT2D eigenvalue weighted by Gasteiger charge is -2.30. The molecule has 0 saturated heterocycles. The van der Waals surface area contributed by atoms with E-state index in [4.69, 9.17) is 4.65 Å². The van der Waals surface area contributed by atoms with E-state index in [2.05, 4.69) is 29.5 Å². The van der Waals surface area contributed by atoms with E-state index in [1.165, 1.54) is 11.3 Å². The summed E-state index contributed by atoms with van der Waals surface area (Å²) in [4.78, 5) is 19.4. The van der Waals surface area contributed by atoms with E-state index < -0.39 is 0 Å². The number of hydrogen-bond acceptors (Lipinski definition) is 3. The zero-order valence-corrected chi connectivity index (χ0v) is 14.0. The highest BCUT2D eigenvalue weighted by Gasteiger charge is 2.37. The molecule has 1 radical (unpaired) electrons. The first-order valence-corrected chi connectivity index (χ1v) is 8.49. The van der Waals surface area contributed by atoms with E-state index >= 15 is 0 Å². The minimum atomic E-state index is 0.0567. The number of carbonyl (C=O) groups excluding carboxylic acids is 1. The Morgan fingerprint density at radius 1 is 1.29 bits per heavy atom. The zero-order chi connectivity index (χ0) is 16.5. The molecule has 6 heteroatoms. The Balaban J connectivity index is 1.54. The summed E-state index contributed by atoms with van der Waals surface area (Å²) in [6.07, 6.45) is 3.86. The van der Waals surface area contributed by atoms with Gasteiger partial charge in [0.1, 0.15) is 11.5 Å². The van der Waals surface area contributed by atoms with Crippen molar-refractivity contribution in [2.24, 2.45) is 5.41 Å². The second-order valence-corrected chi connectivity index (χ2v) is 7.76. The van der Waals surface area contributed by atoms with Crippen LogP contribution in [0.2, 0.25) is 0 Å². The standard InChI is InChI=1S/C18H19BN3O2/c1-18(2)8-11-7-14-17(23)22(6-5-21(14)15(11)9-18)16-12-10-24-19-13(12)3-4-20-16/h3-4,7H,5-6,8-10H2,1-2H3. The number of pyridine rings is 1. The number of rotatable bonds is 1. The lowest BCUT2D eigenvalue weighted by Crippen LogP contribution is -2.42. The molecular formula is C18H19BN3O2. The van der Waals surface area contributed by atoms with Gasteiger partial charge in [-0.25, -0.2) is 4.98 Å². The number of aromatic nitrogens is 2. The van der Waals surface area contributed by atoms with Crippen molar-refractivity contribution in [1.82, 2.24) is 9.55 Å². The van der Waals surface area contributed by atoms with Gasteiger partial charge in [0.2, 0.25) is 0 Å². The van der Waals surface area contributed by atoms with Crippen LogP contribution in [-0.4, -0.2) is 29.5 Å². The zero-order valence-electron chi connectivity index (χ0n) is 14.0. The molecule has 1 amide bonds. The average molecular weight is 320 g/mol. The Morgan fingerprint density at radius 2 is 2.17 bits per heavy atom. The summed E-state index contributed by atoms with van der Waals surface area (Å²) in [5.74, 6) is 0.806. The van der Waals surface area contributed by atoms with Gasteiger partial charge in [-0.2, -0.15) is 0 Å². The minimum absolute atomic E-state index is 0.0567. The van der Waals surface area contributed by atoms with E-state index in [0.717, 1.165) is 41.9 Å². The van der Waals surface area contributed by atoms with Gasteiger partial charge in [-0.15, -0.1) is 0 Å². The van der Waals surface area contributed by atoms with Crippen molar-refractivity contribution in [2.75, 3.05) is 11.4 Å². The van der Waals surface area contributed by atoms with Crippen LogP contribution < -0.4 is 10.4 Å². The first-order valence-electron chi connectivity index (χ1n) is 8.49. The molecule has 5 nitrogen and oxygen atoms in total. The molecular weight excluding hydrogens is 301 g/mol. The van der Waals surface area contributed by atoms with Gasteiger partial charge >= 0.3 is 7.48 Å². The fourth-order valence-corrected chi connectivity index (χ4v) is 4.31. The van der Waals surface area contributed by atoms with Crippen LogP contribution in [-0.2, 0) is 30.6 Å². The van der Waals surface area contributed by atoms with Crippen molar-refractivity contribution in [3.63, 3.8) is 0 Å². The third-order valence-corrected chi connectivity index (χ3v) is 5.39. The molecule has 2 aromatic rings. The molecule has 0 N–H and O–H groups in total. The minimum Gasteiger partial charge on any atom is -0.430 e. The van der Waals surface area contributed by atoms with E-state index in [0.29, 0.717) is 18.6 Å². The molecule has 2 aromatic heterocycles. The largest absolute Gasteiger partial charge is 0.430 e. The summed E-state index contributed by atoms with van der Waals surface area (Å²) >= 11 is 0. The molecule has 1 aliphatic carbocycles. The lowest BCUT2D eigenvalue weighted by molar-refractivity contribution is 0.0963. The Morgan fingerprint density at radius 3 is 3.04 bits per heavy atom. The first kappa shape index (κ1) is 14.3. The maximum Gasteiger partial charge on any atom is 0.331 e. The molecule has 121 valence electrons. The number of carbonyl (C=O) groups is 1. The number of anilines is 1. The SMILES string of the molecule is CC1(C)Cc2cc3n(c2C1)CCN(c1nccc2c1CO[B]2)C3=O. The fraction of sp³-hybridized carbons (Fsp3) is 0.444. The third-order valence-electron chi connectivity index (χ3n) is 5.39. The predicted molar refractivity (Wildman–Crippen MR) is 91.7 cm³/mol. The van der Waals surface area contributed by atoms with Gasteiger partial charge in [-0.1, -0.05) is 13.8 Å². The van der Waals surface area contributed by atoms with Gasteiger partial charge in [0, 0.05) is 30.5 Å². The summed E-state index contributed by atoms with van der Waals surface area (Å²) < 4.78 is 7.65. The quantitative estimate of drug-likeness (QED) is 0.747. The van der Waals surface area contributed by atoms with Crippen LogP contribution in [0.15, 0.2) is 18.3 Å². The normalized spacial score (nSPS) is 20.6. The highest BCUT2D eigenvalue weighted by atomic mass is 16.4. The van der Waals surface area contributed by atoms with E-state index in [9.17, 15) is 4.79 Å². The predicted octanol–water partition coefficient (Wildman–Crippen LogP) is 1.44. The number of fused-ring (bicyclic) bond motifs is 4. The van der Waals surface area contributed by atoms with Crippen molar-refractivity contribution in [3.05, 3.63) is 40.8 Å². The van der Waals surface area contributed by atoms with Crippen molar-refractivity contribution in [2.45, 2.75) is 39.8 Å². The molecule has 0 spiro atoms. The van der Waals surface area contributed by atoms with Crippen LogP contribution in [0.4, 0.5) is 5.82 Å². The first-order chi connectivity index (χ1) is 11.5. The Labute approximate surface area is 141 Å². The summed E-state index contributed by atoms with van der Waals surface area (Å²) in [5.41, 5.74) is 5.85. The number of hydrogen-bond donors (Lipinski definition) is 0. The Hall–Kier alpha value is -2.08. The van der Waals surface area contributed by atoms with Crippen molar-refractivity contribution in [1.29, 1.82) is 0 Å². The van der Waals surface area contributed by atoms with Crippen LogP contribution in [0.25, 0.3) is 0 Å². The molecule has 0 bridgehead atoms. The molecule has 0 fully saturated rings. The monoisotopic (exact) mass is 320 g/mol. The van der Waals surface area contributed by atoms with Gasteiger partial charge in [0.15, 0.2) is 0 Å². The molecule has 0 unspecified atom stereocenters. The molecule has 5 rings (SSSR count).